The van der Waals surface area contributed by atoms with Gasteiger partial charge in [0.2, 0.25) is 0 Å². The molecular formula is C29H26ClN3O2. The van der Waals surface area contributed by atoms with E-state index in [4.69, 9.17) is 16.3 Å². The Morgan fingerprint density at radius 1 is 0.857 bits per heavy atom. The predicted molar refractivity (Wildman–Crippen MR) is 140 cm³/mol. The van der Waals surface area contributed by atoms with Gasteiger partial charge in [0.25, 0.3) is 0 Å². The van der Waals surface area contributed by atoms with Gasteiger partial charge in [0, 0.05) is 42.7 Å². The molecule has 1 saturated heterocycles. The number of rotatable bonds is 7. The van der Waals surface area contributed by atoms with Gasteiger partial charge in [-0.15, -0.1) is 0 Å². The van der Waals surface area contributed by atoms with Gasteiger partial charge in [0.15, 0.2) is 0 Å². The summed E-state index contributed by atoms with van der Waals surface area (Å²) in [6.45, 7) is 4.48. The van der Waals surface area contributed by atoms with Crippen molar-refractivity contribution in [2.45, 2.75) is 20.1 Å². The van der Waals surface area contributed by atoms with Crippen LogP contribution in [0.25, 0.3) is 11.1 Å². The zero-order chi connectivity index (χ0) is 24.2. The molecule has 0 aliphatic carbocycles. The van der Waals surface area contributed by atoms with Crippen molar-refractivity contribution in [2.75, 3.05) is 18.0 Å². The highest BCUT2D eigenvalue weighted by molar-refractivity contribution is 6.30. The maximum Gasteiger partial charge on any atom is 0.324 e. The van der Waals surface area contributed by atoms with Crippen molar-refractivity contribution in [2.24, 2.45) is 0 Å². The molecule has 0 radical (unpaired) electrons. The van der Waals surface area contributed by atoms with Crippen LogP contribution >= 0.6 is 11.6 Å². The van der Waals surface area contributed by atoms with Crippen molar-refractivity contribution in [3.63, 3.8) is 0 Å². The third-order valence-corrected chi connectivity index (χ3v) is 6.33. The lowest BCUT2D eigenvalue weighted by Gasteiger charge is -2.19. The molecule has 2 amide bonds. The zero-order valence-electron chi connectivity index (χ0n) is 19.5. The molecule has 3 aromatic carbocycles. The number of carbonyl (C=O) groups is 1. The van der Waals surface area contributed by atoms with Gasteiger partial charge < -0.3 is 9.64 Å². The summed E-state index contributed by atoms with van der Waals surface area (Å²) in [5.74, 6) is 0.813. The third kappa shape index (κ3) is 5.47. The molecule has 176 valence electrons. The highest BCUT2D eigenvalue weighted by Crippen LogP contribution is 2.25. The Balaban J connectivity index is 1.22. The smallest absolute Gasteiger partial charge is 0.324 e. The molecule has 35 heavy (non-hydrogen) atoms. The van der Waals surface area contributed by atoms with Crippen LogP contribution < -0.4 is 9.64 Å². The summed E-state index contributed by atoms with van der Waals surface area (Å²) < 4.78 is 6.06. The molecular weight excluding hydrogens is 458 g/mol. The summed E-state index contributed by atoms with van der Waals surface area (Å²) in [7, 11) is 0. The molecule has 1 aliphatic heterocycles. The Kier molecular flexibility index (Phi) is 6.68. The van der Waals surface area contributed by atoms with Gasteiger partial charge in [-0.2, -0.15) is 0 Å². The van der Waals surface area contributed by atoms with Crippen molar-refractivity contribution in [3.8, 4) is 16.9 Å². The minimum atomic E-state index is 0.0243. The third-order valence-electron chi connectivity index (χ3n) is 6.08. The fraction of sp³-hybridized carbons (Fsp3) is 0.172. The molecule has 5 nitrogen and oxygen atoms in total. The molecule has 0 atom stereocenters. The second-order valence-electron chi connectivity index (χ2n) is 8.71. The van der Waals surface area contributed by atoms with Gasteiger partial charge in [0.05, 0.1) is 0 Å². The standard InChI is InChI=1S/C29H26ClN3O2/c1-21-16-22(19-32-14-15-33(29(32)34)27-10-12-31-13-11-27)18-23(17-21)20-35-28-8-4-25(5-9-28)24-2-6-26(30)7-3-24/h2-13,16-18H,14-15,19-20H2,1H3. The molecule has 5 rings (SSSR count). The molecule has 4 aromatic rings. The van der Waals surface area contributed by atoms with E-state index < -0.39 is 0 Å². The largest absolute Gasteiger partial charge is 0.489 e. The number of aromatic nitrogens is 1. The van der Waals surface area contributed by atoms with Gasteiger partial charge in [-0.1, -0.05) is 59.6 Å². The number of hydrogen-bond donors (Lipinski definition) is 0. The molecule has 0 unspecified atom stereocenters. The zero-order valence-corrected chi connectivity index (χ0v) is 20.3. The van der Waals surface area contributed by atoms with E-state index >= 15 is 0 Å². The van der Waals surface area contributed by atoms with Gasteiger partial charge >= 0.3 is 6.03 Å². The van der Waals surface area contributed by atoms with E-state index in [1.165, 1.54) is 0 Å². The quantitative estimate of drug-likeness (QED) is 0.292. The number of benzene rings is 3. The van der Waals surface area contributed by atoms with Crippen molar-refractivity contribution in [3.05, 3.63) is 113 Å². The van der Waals surface area contributed by atoms with Crippen molar-refractivity contribution in [1.82, 2.24) is 9.88 Å². The van der Waals surface area contributed by atoms with Crippen molar-refractivity contribution >= 4 is 23.3 Å². The summed E-state index contributed by atoms with van der Waals surface area (Å²) in [5.41, 5.74) is 6.45. The van der Waals surface area contributed by atoms with Crippen LogP contribution in [0.3, 0.4) is 0 Å². The SMILES string of the molecule is Cc1cc(COc2ccc(-c3ccc(Cl)cc3)cc2)cc(CN2CCN(c3ccncc3)C2=O)c1. The molecule has 1 aliphatic rings. The lowest BCUT2D eigenvalue weighted by molar-refractivity contribution is 0.218. The van der Waals surface area contributed by atoms with E-state index in [1.54, 1.807) is 17.3 Å². The minimum absolute atomic E-state index is 0.0243. The Hall–Kier alpha value is -3.83. The minimum Gasteiger partial charge on any atom is -0.489 e. The van der Waals surface area contributed by atoms with Gasteiger partial charge in [-0.25, -0.2) is 4.79 Å². The summed E-state index contributed by atoms with van der Waals surface area (Å²) in [6.07, 6.45) is 3.42. The first-order chi connectivity index (χ1) is 17.0. The number of pyridine rings is 1. The monoisotopic (exact) mass is 483 g/mol. The van der Waals surface area contributed by atoms with Crippen LogP contribution in [-0.2, 0) is 13.2 Å². The number of aryl methyl sites for hydroxylation is 1. The van der Waals surface area contributed by atoms with Gasteiger partial charge in [-0.3, -0.25) is 9.88 Å². The van der Waals surface area contributed by atoms with Crippen LogP contribution in [0, 0.1) is 6.92 Å². The Morgan fingerprint density at radius 3 is 2.23 bits per heavy atom. The number of ether oxygens (including phenoxy) is 1. The molecule has 6 heteroatoms. The number of carbonyl (C=O) groups excluding carboxylic acids is 1. The second-order valence-corrected chi connectivity index (χ2v) is 9.14. The number of anilines is 1. The number of urea groups is 1. The number of amides is 2. The van der Waals surface area contributed by atoms with Crippen LogP contribution in [0.2, 0.25) is 5.02 Å². The highest BCUT2D eigenvalue weighted by Gasteiger charge is 2.29. The molecule has 0 saturated carbocycles. The lowest BCUT2D eigenvalue weighted by atomic mass is 10.1. The lowest BCUT2D eigenvalue weighted by Crippen LogP contribution is -2.31. The number of halogens is 1. The van der Waals surface area contributed by atoms with Crippen LogP contribution in [-0.4, -0.2) is 29.0 Å². The van der Waals surface area contributed by atoms with Crippen LogP contribution in [0.1, 0.15) is 16.7 Å². The molecule has 0 N–H and O–H groups in total. The molecule has 1 fully saturated rings. The molecule has 2 heterocycles. The maximum atomic E-state index is 12.9. The summed E-state index contributed by atoms with van der Waals surface area (Å²) >= 11 is 5.99. The number of nitrogens with zero attached hydrogens (tertiary/aromatic N) is 3. The molecule has 0 spiro atoms. The Morgan fingerprint density at radius 2 is 1.51 bits per heavy atom. The number of hydrogen-bond acceptors (Lipinski definition) is 3. The van der Waals surface area contributed by atoms with Crippen molar-refractivity contribution in [1.29, 1.82) is 0 Å². The van der Waals surface area contributed by atoms with Crippen LogP contribution in [0.5, 0.6) is 5.75 Å². The van der Waals surface area contributed by atoms with Crippen LogP contribution in [0.4, 0.5) is 10.5 Å². The average molecular weight is 484 g/mol. The maximum absolute atomic E-state index is 12.9. The topological polar surface area (TPSA) is 45.7 Å². The highest BCUT2D eigenvalue weighted by atomic mass is 35.5. The van der Waals surface area contributed by atoms with E-state index in [0.29, 0.717) is 26.2 Å². The van der Waals surface area contributed by atoms with E-state index in [2.05, 4.69) is 30.1 Å². The van der Waals surface area contributed by atoms with Crippen LogP contribution in [0.15, 0.2) is 91.3 Å². The van der Waals surface area contributed by atoms with Gasteiger partial charge in [0.1, 0.15) is 12.4 Å². The summed E-state index contributed by atoms with van der Waals surface area (Å²) in [4.78, 5) is 20.7. The fourth-order valence-electron chi connectivity index (χ4n) is 4.39. The molecule has 1 aromatic heterocycles. The summed E-state index contributed by atoms with van der Waals surface area (Å²) in [6, 6.07) is 26.0. The first-order valence-electron chi connectivity index (χ1n) is 11.6. The van der Waals surface area contributed by atoms with E-state index in [1.807, 2.05) is 65.6 Å². The van der Waals surface area contributed by atoms with Crippen molar-refractivity contribution < 1.29 is 9.53 Å². The second kappa shape index (κ2) is 10.2. The average Bonchev–Trinajstić information content (AvgIpc) is 3.23. The van der Waals surface area contributed by atoms with E-state index in [-0.39, 0.29) is 6.03 Å². The van der Waals surface area contributed by atoms with E-state index in [0.717, 1.165) is 44.3 Å². The predicted octanol–water partition coefficient (Wildman–Crippen LogP) is 6.73. The fourth-order valence-corrected chi connectivity index (χ4v) is 4.51. The normalized spacial score (nSPS) is 13.4. The van der Waals surface area contributed by atoms with Gasteiger partial charge in [-0.05, 0) is 65.6 Å². The van der Waals surface area contributed by atoms with E-state index in [9.17, 15) is 4.79 Å². The molecule has 0 bridgehead atoms. The first-order valence-corrected chi connectivity index (χ1v) is 12.0. The first kappa shape index (κ1) is 22.9. The Labute approximate surface area is 210 Å². The summed E-state index contributed by atoms with van der Waals surface area (Å²) in [5, 5.41) is 0.728. The Bertz CT molecular complexity index is 1310.